The molecule has 0 aliphatic rings. The van der Waals surface area contributed by atoms with Crippen LogP contribution >= 0.6 is 15.9 Å². The number of benzene rings is 1. The smallest absolute Gasteiger partial charge is 0.216 e. The van der Waals surface area contributed by atoms with E-state index in [9.17, 15) is 5.11 Å². The number of pyridine rings is 1. The van der Waals surface area contributed by atoms with Crippen molar-refractivity contribution in [1.82, 2.24) is 4.98 Å². The van der Waals surface area contributed by atoms with Crippen LogP contribution in [-0.4, -0.2) is 17.2 Å². The van der Waals surface area contributed by atoms with Crippen LogP contribution in [0, 0.1) is 6.92 Å². The summed E-state index contributed by atoms with van der Waals surface area (Å²) in [6.07, 6.45) is 0. The van der Waals surface area contributed by atoms with Gasteiger partial charge in [-0.05, 0) is 40.5 Å². The molecule has 0 atom stereocenters. The van der Waals surface area contributed by atoms with Gasteiger partial charge in [-0.2, -0.15) is 0 Å². The Morgan fingerprint density at radius 1 is 1.32 bits per heavy atom. The maximum absolute atomic E-state index is 9.84. The SMILES string of the molecule is COc1cc(NCc2ccc(C)cc2O)cc(Br)n1. The van der Waals surface area contributed by atoms with Gasteiger partial charge in [0.05, 0.1) is 7.11 Å². The minimum absolute atomic E-state index is 0.299. The standard InChI is InChI=1S/C14H15BrN2O2/c1-9-3-4-10(12(18)5-9)8-16-11-6-13(15)17-14(7-11)19-2/h3-7,18H,8H2,1-2H3,(H,16,17). The molecule has 0 aliphatic heterocycles. The first-order valence-electron chi connectivity index (χ1n) is 5.82. The maximum Gasteiger partial charge on any atom is 0.216 e. The molecule has 0 saturated carbocycles. The van der Waals surface area contributed by atoms with Crippen molar-refractivity contribution in [1.29, 1.82) is 0 Å². The van der Waals surface area contributed by atoms with Crippen molar-refractivity contribution < 1.29 is 9.84 Å². The van der Waals surface area contributed by atoms with Crippen LogP contribution in [0.5, 0.6) is 11.6 Å². The molecular formula is C14H15BrN2O2. The number of hydrogen-bond acceptors (Lipinski definition) is 4. The van der Waals surface area contributed by atoms with Crippen molar-refractivity contribution in [3.63, 3.8) is 0 Å². The molecule has 0 saturated heterocycles. The van der Waals surface area contributed by atoms with Gasteiger partial charge in [-0.15, -0.1) is 0 Å². The topological polar surface area (TPSA) is 54.4 Å². The van der Waals surface area contributed by atoms with Gasteiger partial charge in [0.2, 0.25) is 5.88 Å². The number of halogens is 1. The molecular weight excluding hydrogens is 308 g/mol. The molecule has 2 aromatic rings. The van der Waals surface area contributed by atoms with Gasteiger partial charge in [-0.1, -0.05) is 12.1 Å². The second-order valence-electron chi connectivity index (χ2n) is 4.21. The monoisotopic (exact) mass is 322 g/mol. The maximum atomic E-state index is 9.84. The first kappa shape index (κ1) is 13.7. The number of anilines is 1. The van der Waals surface area contributed by atoms with E-state index in [1.165, 1.54) is 0 Å². The lowest BCUT2D eigenvalue weighted by Crippen LogP contribution is -2.01. The summed E-state index contributed by atoms with van der Waals surface area (Å²) >= 11 is 3.32. The number of hydrogen-bond donors (Lipinski definition) is 2. The van der Waals surface area contributed by atoms with E-state index in [0.717, 1.165) is 16.8 Å². The zero-order valence-corrected chi connectivity index (χ0v) is 12.4. The van der Waals surface area contributed by atoms with Crippen LogP contribution in [0.25, 0.3) is 0 Å². The highest BCUT2D eigenvalue weighted by molar-refractivity contribution is 9.10. The molecule has 1 aromatic carbocycles. The van der Waals surface area contributed by atoms with Crippen molar-refractivity contribution in [2.75, 3.05) is 12.4 Å². The molecule has 2 N–H and O–H groups in total. The molecule has 0 spiro atoms. The van der Waals surface area contributed by atoms with E-state index in [-0.39, 0.29) is 0 Å². The highest BCUT2D eigenvalue weighted by Gasteiger charge is 2.04. The Labute approximate surface area is 120 Å². The lowest BCUT2D eigenvalue weighted by atomic mass is 10.1. The molecule has 0 unspecified atom stereocenters. The van der Waals surface area contributed by atoms with Crippen molar-refractivity contribution in [3.8, 4) is 11.6 Å². The lowest BCUT2D eigenvalue weighted by molar-refractivity contribution is 0.397. The van der Waals surface area contributed by atoms with Gasteiger partial charge in [0.15, 0.2) is 0 Å². The van der Waals surface area contributed by atoms with Gasteiger partial charge in [-0.25, -0.2) is 4.98 Å². The minimum atomic E-state index is 0.299. The Morgan fingerprint density at radius 2 is 2.11 bits per heavy atom. The van der Waals surface area contributed by atoms with Crippen LogP contribution in [0.15, 0.2) is 34.9 Å². The van der Waals surface area contributed by atoms with Crippen molar-refractivity contribution in [2.45, 2.75) is 13.5 Å². The number of phenolic OH excluding ortho intramolecular Hbond substituents is 1. The highest BCUT2D eigenvalue weighted by atomic mass is 79.9. The summed E-state index contributed by atoms with van der Waals surface area (Å²) in [6.45, 7) is 2.48. The van der Waals surface area contributed by atoms with Crippen LogP contribution < -0.4 is 10.1 Å². The van der Waals surface area contributed by atoms with E-state index in [1.807, 2.05) is 25.1 Å². The summed E-state index contributed by atoms with van der Waals surface area (Å²) in [5.74, 6) is 0.831. The number of methoxy groups -OCH3 is 1. The van der Waals surface area contributed by atoms with Gasteiger partial charge >= 0.3 is 0 Å². The summed E-state index contributed by atoms with van der Waals surface area (Å²) in [6, 6.07) is 9.29. The molecule has 4 nitrogen and oxygen atoms in total. The Bertz CT molecular complexity index is 588. The number of nitrogens with one attached hydrogen (secondary N) is 1. The third-order valence-electron chi connectivity index (χ3n) is 2.70. The van der Waals surface area contributed by atoms with Crippen molar-refractivity contribution in [3.05, 3.63) is 46.1 Å². The molecule has 0 amide bonds. The third kappa shape index (κ3) is 3.61. The van der Waals surface area contributed by atoms with Gasteiger partial charge in [-0.3, -0.25) is 0 Å². The molecule has 5 heteroatoms. The minimum Gasteiger partial charge on any atom is -0.508 e. The molecule has 1 aromatic heterocycles. The molecule has 0 bridgehead atoms. The van der Waals surface area contributed by atoms with E-state index in [1.54, 1.807) is 19.2 Å². The van der Waals surface area contributed by atoms with Gasteiger partial charge in [0.1, 0.15) is 10.4 Å². The van der Waals surface area contributed by atoms with Gasteiger partial charge in [0, 0.05) is 23.9 Å². The van der Waals surface area contributed by atoms with Crippen LogP contribution in [-0.2, 0) is 6.54 Å². The second-order valence-corrected chi connectivity index (χ2v) is 5.02. The molecule has 19 heavy (non-hydrogen) atoms. The third-order valence-corrected chi connectivity index (χ3v) is 3.11. The Hall–Kier alpha value is -1.75. The van der Waals surface area contributed by atoms with Crippen LogP contribution in [0.3, 0.4) is 0 Å². The lowest BCUT2D eigenvalue weighted by Gasteiger charge is -2.10. The summed E-state index contributed by atoms with van der Waals surface area (Å²) in [5.41, 5.74) is 2.76. The van der Waals surface area contributed by atoms with Crippen LogP contribution in [0.2, 0.25) is 0 Å². The average molecular weight is 323 g/mol. The Morgan fingerprint density at radius 3 is 2.79 bits per heavy atom. The molecule has 0 radical (unpaired) electrons. The largest absolute Gasteiger partial charge is 0.508 e. The van der Waals surface area contributed by atoms with E-state index in [0.29, 0.717) is 22.8 Å². The van der Waals surface area contributed by atoms with Crippen molar-refractivity contribution >= 4 is 21.6 Å². The summed E-state index contributed by atoms with van der Waals surface area (Å²) in [4.78, 5) is 4.14. The predicted octanol–water partition coefficient (Wildman–Crippen LogP) is 3.48. The molecule has 0 aliphatic carbocycles. The fraction of sp³-hybridized carbons (Fsp3) is 0.214. The van der Waals surface area contributed by atoms with Crippen LogP contribution in [0.4, 0.5) is 5.69 Å². The Balaban J connectivity index is 2.12. The quantitative estimate of drug-likeness (QED) is 0.846. The Kier molecular flexibility index (Phi) is 4.27. The fourth-order valence-electron chi connectivity index (χ4n) is 1.70. The molecule has 100 valence electrons. The number of nitrogens with zero attached hydrogens (tertiary/aromatic N) is 1. The number of ether oxygens (including phenoxy) is 1. The molecule has 1 heterocycles. The van der Waals surface area contributed by atoms with E-state index >= 15 is 0 Å². The molecule has 0 fully saturated rings. The van der Waals surface area contributed by atoms with E-state index in [2.05, 4.69) is 26.2 Å². The zero-order valence-electron chi connectivity index (χ0n) is 10.8. The number of aromatic nitrogens is 1. The first-order valence-corrected chi connectivity index (χ1v) is 6.62. The summed E-state index contributed by atoms with van der Waals surface area (Å²) < 4.78 is 5.79. The highest BCUT2D eigenvalue weighted by Crippen LogP contribution is 2.23. The number of aryl methyl sites for hydroxylation is 1. The average Bonchev–Trinajstić information content (AvgIpc) is 2.37. The molecule has 2 rings (SSSR count). The van der Waals surface area contributed by atoms with E-state index in [4.69, 9.17) is 4.74 Å². The fourth-order valence-corrected chi connectivity index (χ4v) is 2.12. The van der Waals surface area contributed by atoms with E-state index < -0.39 is 0 Å². The van der Waals surface area contributed by atoms with Crippen molar-refractivity contribution in [2.24, 2.45) is 0 Å². The summed E-state index contributed by atoms with van der Waals surface area (Å²) in [7, 11) is 1.57. The predicted molar refractivity (Wildman–Crippen MR) is 78.7 cm³/mol. The van der Waals surface area contributed by atoms with Gasteiger partial charge in [0.25, 0.3) is 0 Å². The number of aromatic hydroxyl groups is 1. The number of rotatable bonds is 4. The van der Waals surface area contributed by atoms with Crippen LogP contribution in [0.1, 0.15) is 11.1 Å². The van der Waals surface area contributed by atoms with Gasteiger partial charge < -0.3 is 15.2 Å². The number of phenols is 1. The normalized spacial score (nSPS) is 10.3. The first-order chi connectivity index (χ1) is 9.08. The summed E-state index contributed by atoms with van der Waals surface area (Å²) in [5, 5.41) is 13.1. The second kappa shape index (κ2) is 5.93. The zero-order chi connectivity index (χ0) is 13.8.